The molecule has 1 aliphatic rings. The minimum atomic E-state index is 0.310. The van der Waals surface area contributed by atoms with Crippen molar-refractivity contribution in [2.45, 2.75) is 18.9 Å². The molecule has 0 amide bonds. The summed E-state index contributed by atoms with van der Waals surface area (Å²) in [6, 6.07) is 6.10. The highest BCUT2D eigenvalue weighted by molar-refractivity contribution is 14.1. The van der Waals surface area contributed by atoms with Crippen molar-refractivity contribution in [3.63, 3.8) is 0 Å². The number of pyridine rings is 1. The van der Waals surface area contributed by atoms with Crippen molar-refractivity contribution >= 4 is 34.1 Å². The van der Waals surface area contributed by atoms with Crippen LogP contribution in [-0.2, 0) is 6.54 Å². The summed E-state index contributed by atoms with van der Waals surface area (Å²) in [5, 5.41) is 7.93. The van der Waals surface area contributed by atoms with Crippen LogP contribution in [0.3, 0.4) is 0 Å². The Morgan fingerprint density at radius 3 is 3.04 bits per heavy atom. The van der Waals surface area contributed by atoms with Crippen LogP contribution in [0.1, 0.15) is 23.6 Å². The van der Waals surface area contributed by atoms with Crippen molar-refractivity contribution in [2.75, 3.05) is 5.32 Å². The summed E-state index contributed by atoms with van der Waals surface area (Å²) in [6.07, 6.45) is 15.0. The van der Waals surface area contributed by atoms with Gasteiger partial charge in [0.2, 0.25) is 0 Å². The smallest absolute Gasteiger partial charge is 0.171 e. The molecule has 120 valence electrons. The van der Waals surface area contributed by atoms with Gasteiger partial charge in [0.05, 0.1) is 15.5 Å². The summed E-state index contributed by atoms with van der Waals surface area (Å²) < 4.78 is 2.92. The van der Waals surface area contributed by atoms with Gasteiger partial charge in [-0.15, -0.1) is 0 Å². The van der Waals surface area contributed by atoms with Crippen molar-refractivity contribution in [1.82, 2.24) is 19.6 Å². The number of allylic oxidation sites excluding steroid dienone is 4. The van der Waals surface area contributed by atoms with Gasteiger partial charge in [-0.1, -0.05) is 30.4 Å². The maximum atomic E-state index is 4.83. The van der Waals surface area contributed by atoms with Gasteiger partial charge in [0.25, 0.3) is 0 Å². The molecule has 0 aliphatic heterocycles. The van der Waals surface area contributed by atoms with Gasteiger partial charge >= 0.3 is 0 Å². The quantitative estimate of drug-likeness (QED) is 0.639. The fourth-order valence-electron chi connectivity index (χ4n) is 2.77. The first-order valence-electron chi connectivity index (χ1n) is 7.81. The van der Waals surface area contributed by atoms with Gasteiger partial charge in [-0.05, 0) is 40.6 Å². The van der Waals surface area contributed by atoms with E-state index in [0.717, 1.165) is 32.7 Å². The normalized spacial score (nSPS) is 16.6. The molecule has 5 nitrogen and oxygen atoms in total. The van der Waals surface area contributed by atoms with E-state index in [1.54, 1.807) is 6.20 Å². The Kier molecular flexibility index (Phi) is 4.29. The molecule has 3 aromatic heterocycles. The molecule has 1 unspecified atom stereocenters. The molecule has 0 bridgehead atoms. The molecule has 1 N–H and O–H groups in total. The van der Waals surface area contributed by atoms with Crippen LogP contribution >= 0.6 is 22.6 Å². The van der Waals surface area contributed by atoms with Crippen LogP contribution in [0.5, 0.6) is 0 Å². The number of aromatic nitrogens is 4. The van der Waals surface area contributed by atoms with E-state index in [1.807, 2.05) is 23.0 Å². The maximum absolute atomic E-state index is 4.83. The summed E-state index contributed by atoms with van der Waals surface area (Å²) in [7, 11) is 0. The Morgan fingerprint density at radius 1 is 1.29 bits per heavy atom. The molecule has 1 atom stereocenters. The Bertz CT molecular complexity index is 914. The summed E-state index contributed by atoms with van der Waals surface area (Å²) in [4.78, 5) is 8.99. The summed E-state index contributed by atoms with van der Waals surface area (Å²) in [5.74, 6) is 1.26. The minimum Gasteiger partial charge on any atom is -0.366 e. The monoisotopic (exact) mass is 429 g/mol. The van der Waals surface area contributed by atoms with E-state index in [9.17, 15) is 0 Å². The largest absolute Gasteiger partial charge is 0.366 e. The van der Waals surface area contributed by atoms with Gasteiger partial charge in [-0.3, -0.25) is 4.98 Å². The van der Waals surface area contributed by atoms with Gasteiger partial charge in [0, 0.05) is 30.9 Å². The highest BCUT2D eigenvalue weighted by atomic mass is 127. The molecule has 4 rings (SSSR count). The molecule has 1 aliphatic carbocycles. The van der Waals surface area contributed by atoms with Gasteiger partial charge < -0.3 is 5.32 Å². The van der Waals surface area contributed by atoms with Gasteiger partial charge in [-0.25, -0.2) is 4.98 Å². The maximum Gasteiger partial charge on any atom is 0.171 e. The lowest BCUT2D eigenvalue weighted by Gasteiger charge is -2.15. The third-order valence-corrected chi connectivity index (χ3v) is 4.77. The number of hydrogen-bond donors (Lipinski definition) is 1. The number of hydrogen-bond acceptors (Lipinski definition) is 4. The fraction of sp³-hybridized carbons (Fsp3) is 0.167. The van der Waals surface area contributed by atoms with Crippen LogP contribution in [0.15, 0.2) is 61.1 Å². The predicted octanol–water partition coefficient (Wildman–Crippen LogP) is 3.94. The Morgan fingerprint density at radius 2 is 2.25 bits per heavy atom. The van der Waals surface area contributed by atoms with Crippen LogP contribution in [0.4, 0.5) is 5.82 Å². The van der Waals surface area contributed by atoms with E-state index in [4.69, 9.17) is 4.98 Å². The van der Waals surface area contributed by atoms with Gasteiger partial charge in [0.15, 0.2) is 5.65 Å². The zero-order chi connectivity index (χ0) is 16.4. The number of anilines is 1. The van der Waals surface area contributed by atoms with Gasteiger partial charge in [0.1, 0.15) is 5.82 Å². The third-order valence-electron chi connectivity index (χ3n) is 4.01. The van der Waals surface area contributed by atoms with E-state index < -0.39 is 0 Å². The third kappa shape index (κ3) is 3.06. The number of nitrogens with zero attached hydrogens (tertiary/aromatic N) is 4. The lowest BCUT2D eigenvalue weighted by molar-refractivity contribution is 0.803. The second-order valence-electron chi connectivity index (χ2n) is 5.66. The molecule has 3 heterocycles. The van der Waals surface area contributed by atoms with Crippen molar-refractivity contribution in [2.24, 2.45) is 0 Å². The van der Waals surface area contributed by atoms with Crippen molar-refractivity contribution in [3.05, 3.63) is 75.9 Å². The molecular formula is C18H16IN5. The van der Waals surface area contributed by atoms with Crippen LogP contribution in [0.2, 0.25) is 0 Å². The topological polar surface area (TPSA) is 55.1 Å². The van der Waals surface area contributed by atoms with E-state index >= 15 is 0 Å². The summed E-state index contributed by atoms with van der Waals surface area (Å²) in [6.45, 7) is 0.698. The van der Waals surface area contributed by atoms with Crippen LogP contribution in [-0.4, -0.2) is 19.6 Å². The molecule has 0 fully saturated rings. The first-order valence-corrected chi connectivity index (χ1v) is 8.89. The van der Waals surface area contributed by atoms with Crippen LogP contribution in [0, 0.1) is 3.57 Å². The number of nitrogens with one attached hydrogen (secondary N) is 1. The first-order chi connectivity index (χ1) is 11.8. The van der Waals surface area contributed by atoms with E-state index in [1.165, 1.54) is 0 Å². The average molecular weight is 429 g/mol. The molecule has 0 aromatic carbocycles. The Balaban J connectivity index is 1.70. The highest BCUT2D eigenvalue weighted by Gasteiger charge is 2.15. The predicted molar refractivity (Wildman–Crippen MR) is 103 cm³/mol. The highest BCUT2D eigenvalue weighted by Crippen LogP contribution is 2.27. The number of fused-ring (bicyclic) bond motifs is 1. The Labute approximate surface area is 153 Å². The molecule has 0 saturated heterocycles. The number of rotatable bonds is 4. The molecular weight excluding hydrogens is 413 g/mol. The average Bonchev–Trinajstić information content (AvgIpc) is 3.02. The second-order valence-corrected chi connectivity index (χ2v) is 6.83. The van der Waals surface area contributed by atoms with E-state index in [-0.39, 0.29) is 0 Å². The standard InChI is InChI=1S/C18H16IN5/c19-15-12-22-24-17(21-11-13-5-4-8-20-10-13)9-16(23-18(15)24)14-6-2-1-3-7-14/h1-6,8-10,12,14,21H,7,11H2. The van der Waals surface area contributed by atoms with Crippen molar-refractivity contribution in [3.8, 4) is 0 Å². The summed E-state index contributed by atoms with van der Waals surface area (Å²) in [5.41, 5.74) is 3.09. The number of halogens is 1. The van der Waals surface area contributed by atoms with Crippen LogP contribution in [0.25, 0.3) is 5.65 Å². The Hall–Kier alpha value is -2.22. The van der Waals surface area contributed by atoms with Crippen molar-refractivity contribution < 1.29 is 0 Å². The molecule has 0 radical (unpaired) electrons. The molecule has 6 heteroatoms. The first kappa shape index (κ1) is 15.3. The molecule has 0 saturated carbocycles. The van der Waals surface area contributed by atoms with E-state index in [2.05, 4.69) is 74.4 Å². The SMILES string of the molecule is Ic1cnn2c(NCc3cccnc3)cc(C3C=CC=CC3)nc12. The van der Waals surface area contributed by atoms with Gasteiger partial charge in [-0.2, -0.15) is 9.61 Å². The van der Waals surface area contributed by atoms with Crippen molar-refractivity contribution in [1.29, 1.82) is 0 Å². The molecule has 3 aromatic rings. The zero-order valence-electron chi connectivity index (χ0n) is 12.9. The zero-order valence-corrected chi connectivity index (χ0v) is 15.1. The van der Waals surface area contributed by atoms with Crippen LogP contribution < -0.4 is 5.32 Å². The fourth-order valence-corrected chi connectivity index (χ4v) is 3.24. The molecule has 0 spiro atoms. The minimum absolute atomic E-state index is 0.310. The lowest BCUT2D eigenvalue weighted by Crippen LogP contribution is -2.09. The lowest BCUT2D eigenvalue weighted by atomic mass is 9.97. The second kappa shape index (κ2) is 6.72. The molecule has 24 heavy (non-hydrogen) atoms. The van der Waals surface area contributed by atoms with E-state index in [0.29, 0.717) is 12.5 Å². The summed E-state index contributed by atoms with van der Waals surface area (Å²) >= 11 is 2.28.